The molecule has 3 heteroatoms. The van der Waals surface area contributed by atoms with Gasteiger partial charge in [0.05, 0.1) is 0 Å². The zero-order chi connectivity index (χ0) is 7.28. The molecule has 0 aliphatic carbocycles. The van der Waals surface area contributed by atoms with Gasteiger partial charge in [0.15, 0.2) is 6.29 Å². The molecule has 52 valence electrons. The summed E-state index contributed by atoms with van der Waals surface area (Å²) in [6, 6.07) is 0. The first-order chi connectivity index (χ1) is 4.22. The summed E-state index contributed by atoms with van der Waals surface area (Å²) in [4.78, 5) is 11.7. The van der Waals surface area contributed by atoms with Gasteiger partial charge in [0.1, 0.15) is 6.17 Å². The normalized spacial score (nSPS) is 13.2. The van der Waals surface area contributed by atoms with Crippen molar-refractivity contribution in [3.8, 4) is 0 Å². The zero-order valence-electron chi connectivity index (χ0n) is 5.58. The molecule has 0 aliphatic heterocycles. The number of likely N-dealkylation sites (N-methyl/N-ethyl adjacent to an activating group) is 1. The van der Waals surface area contributed by atoms with Crippen LogP contribution in [0.4, 0.5) is 0 Å². The number of nitrogens with zero attached hydrogens (tertiary/aromatic N) is 1. The Morgan fingerprint density at radius 3 is 2.78 bits per heavy atom. The Morgan fingerprint density at radius 1 is 1.89 bits per heavy atom. The minimum absolute atomic E-state index is 0.497. The van der Waals surface area contributed by atoms with Crippen molar-refractivity contribution in [2.45, 2.75) is 6.17 Å². The molecule has 3 nitrogen and oxygen atoms in total. The Labute approximate surface area is 55.1 Å². The predicted molar refractivity (Wildman–Crippen MR) is 36.9 cm³/mol. The van der Waals surface area contributed by atoms with Crippen LogP contribution in [-0.2, 0) is 4.79 Å². The minimum Gasteiger partial charge on any atom is -0.310 e. The van der Waals surface area contributed by atoms with Gasteiger partial charge in [0.2, 0.25) is 0 Å². The van der Waals surface area contributed by atoms with Crippen LogP contribution >= 0.6 is 0 Å². The van der Waals surface area contributed by atoms with E-state index in [9.17, 15) is 4.79 Å². The Balaban J connectivity index is 3.56. The number of hydrogen-bond acceptors (Lipinski definition) is 3. The highest BCUT2D eigenvalue weighted by atomic mass is 16.1. The van der Waals surface area contributed by atoms with E-state index in [1.807, 2.05) is 0 Å². The number of carbonyl (C=O) groups is 1. The Morgan fingerprint density at radius 2 is 2.44 bits per heavy atom. The van der Waals surface area contributed by atoms with Gasteiger partial charge < -0.3 is 10.5 Å². The van der Waals surface area contributed by atoms with E-state index in [0.717, 1.165) is 0 Å². The van der Waals surface area contributed by atoms with Crippen LogP contribution in [0.25, 0.3) is 0 Å². The average molecular weight is 128 g/mol. The smallest absolute Gasteiger partial charge is 0.151 e. The predicted octanol–water partition coefficient (Wildman–Crippen LogP) is -0.412. The van der Waals surface area contributed by atoms with Crippen LogP contribution in [0.1, 0.15) is 0 Å². The second-order valence-corrected chi connectivity index (χ2v) is 1.85. The topological polar surface area (TPSA) is 46.3 Å². The molecule has 0 amide bonds. The lowest BCUT2D eigenvalue weighted by Gasteiger charge is -2.16. The molecule has 0 heterocycles. The molecule has 0 saturated heterocycles. The summed E-state index contributed by atoms with van der Waals surface area (Å²) in [6.45, 7) is 4.14. The molecular formula is C6H12N2O. The van der Waals surface area contributed by atoms with Crippen molar-refractivity contribution in [2.24, 2.45) is 5.73 Å². The fourth-order valence-corrected chi connectivity index (χ4v) is 0.429. The second-order valence-electron chi connectivity index (χ2n) is 1.85. The van der Waals surface area contributed by atoms with Crippen molar-refractivity contribution in [1.82, 2.24) is 4.90 Å². The highest BCUT2D eigenvalue weighted by Crippen LogP contribution is 1.83. The molecular weight excluding hydrogens is 116 g/mol. The van der Waals surface area contributed by atoms with Gasteiger partial charge in [0, 0.05) is 6.54 Å². The van der Waals surface area contributed by atoms with E-state index < -0.39 is 6.17 Å². The summed E-state index contributed by atoms with van der Waals surface area (Å²) in [5.74, 6) is 0. The van der Waals surface area contributed by atoms with E-state index in [4.69, 9.17) is 5.73 Å². The first kappa shape index (κ1) is 8.33. The average Bonchev–Trinajstić information content (AvgIpc) is 1.87. The lowest BCUT2D eigenvalue weighted by atomic mass is 10.4. The third kappa shape index (κ3) is 3.00. The second kappa shape index (κ2) is 4.23. The number of hydrogen-bond donors (Lipinski definition) is 1. The molecule has 0 aromatic heterocycles. The van der Waals surface area contributed by atoms with Gasteiger partial charge in [-0.1, -0.05) is 6.08 Å². The van der Waals surface area contributed by atoms with Crippen molar-refractivity contribution in [2.75, 3.05) is 13.6 Å². The Bertz CT molecular complexity index is 103. The van der Waals surface area contributed by atoms with Crippen molar-refractivity contribution in [3.05, 3.63) is 12.7 Å². The fraction of sp³-hybridized carbons (Fsp3) is 0.500. The van der Waals surface area contributed by atoms with E-state index >= 15 is 0 Å². The SMILES string of the molecule is C=CCN(C)[C@H](N)C=O. The molecule has 0 bridgehead atoms. The monoisotopic (exact) mass is 128 g/mol. The zero-order valence-corrected chi connectivity index (χ0v) is 5.58. The van der Waals surface area contributed by atoms with Gasteiger partial charge in [-0.3, -0.25) is 4.90 Å². The van der Waals surface area contributed by atoms with Crippen LogP contribution in [0.3, 0.4) is 0 Å². The van der Waals surface area contributed by atoms with E-state index in [-0.39, 0.29) is 0 Å². The van der Waals surface area contributed by atoms with Crippen LogP contribution in [0.15, 0.2) is 12.7 Å². The lowest BCUT2D eigenvalue weighted by molar-refractivity contribution is -0.111. The number of nitrogens with two attached hydrogens (primary N) is 1. The van der Waals surface area contributed by atoms with Crippen LogP contribution in [-0.4, -0.2) is 30.9 Å². The Kier molecular flexibility index (Phi) is 3.92. The molecule has 0 saturated carbocycles. The van der Waals surface area contributed by atoms with E-state index in [1.54, 1.807) is 18.0 Å². The first-order valence-corrected chi connectivity index (χ1v) is 2.74. The van der Waals surface area contributed by atoms with E-state index in [2.05, 4.69) is 6.58 Å². The summed E-state index contributed by atoms with van der Waals surface area (Å²) < 4.78 is 0. The van der Waals surface area contributed by atoms with Crippen LogP contribution in [0.2, 0.25) is 0 Å². The van der Waals surface area contributed by atoms with E-state index in [0.29, 0.717) is 12.8 Å². The van der Waals surface area contributed by atoms with Gasteiger partial charge >= 0.3 is 0 Å². The maximum atomic E-state index is 10.0. The standard InChI is InChI=1S/C6H12N2O/c1-3-4-8(2)6(7)5-9/h3,5-6H,1,4,7H2,2H3/t6-/m0/s1. The lowest BCUT2D eigenvalue weighted by Crippen LogP contribution is -2.40. The van der Waals surface area contributed by atoms with Crippen LogP contribution < -0.4 is 5.73 Å². The maximum Gasteiger partial charge on any atom is 0.151 e. The molecule has 0 aromatic carbocycles. The van der Waals surface area contributed by atoms with Gasteiger partial charge in [-0.15, -0.1) is 6.58 Å². The number of rotatable bonds is 4. The van der Waals surface area contributed by atoms with Crippen molar-refractivity contribution in [3.63, 3.8) is 0 Å². The van der Waals surface area contributed by atoms with Gasteiger partial charge in [-0.05, 0) is 7.05 Å². The quantitative estimate of drug-likeness (QED) is 0.318. The van der Waals surface area contributed by atoms with Crippen molar-refractivity contribution < 1.29 is 4.79 Å². The summed E-state index contributed by atoms with van der Waals surface area (Å²) in [7, 11) is 1.76. The van der Waals surface area contributed by atoms with Crippen molar-refractivity contribution >= 4 is 6.29 Å². The number of carbonyl (C=O) groups excluding carboxylic acids is 1. The summed E-state index contributed by atoms with van der Waals surface area (Å²) in [5, 5.41) is 0. The van der Waals surface area contributed by atoms with Crippen molar-refractivity contribution in [1.29, 1.82) is 0 Å². The third-order valence-corrected chi connectivity index (χ3v) is 1.07. The summed E-state index contributed by atoms with van der Waals surface area (Å²) >= 11 is 0. The first-order valence-electron chi connectivity index (χ1n) is 2.74. The molecule has 0 rings (SSSR count). The molecule has 1 atom stereocenters. The molecule has 0 spiro atoms. The molecule has 0 radical (unpaired) electrons. The third-order valence-electron chi connectivity index (χ3n) is 1.07. The summed E-state index contributed by atoms with van der Waals surface area (Å²) in [5.41, 5.74) is 5.31. The Hall–Kier alpha value is -0.670. The van der Waals surface area contributed by atoms with Crippen LogP contribution in [0, 0.1) is 0 Å². The van der Waals surface area contributed by atoms with Gasteiger partial charge in [0.25, 0.3) is 0 Å². The largest absolute Gasteiger partial charge is 0.310 e. The van der Waals surface area contributed by atoms with Gasteiger partial charge in [-0.2, -0.15) is 0 Å². The molecule has 0 aliphatic rings. The van der Waals surface area contributed by atoms with Crippen LogP contribution in [0.5, 0.6) is 0 Å². The molecule has 0 unspecified atom stereocenters. The number of aldehydes is 1. The molecule has 2 N–H and O–H groups in total. The fourth-order valence-electron chi connectivity index (χ4n) is 0.429. The molecule has 9 heavy (non-hydrogen) atoms. The highest BCUT2D eigenvalue weighted by Gasteiger charge is 2.03. The summed E-state index contributed by atoms with van der Waals surface area (Å²) in [6.07, 6.45) is 1.90. The molecule has 0 aromatic rings. The molecule has 0 fully saturated rings. The maximum absolute atomic E-state index is 10.0. The van der Waals surface area contributed by atoms with E-state index in [1.165, 1.54) is 0 Å². The minimum atomic E-state index is -0.497. The van der Waals surface area contributed by atoms with Gasteiger partial charge in [-0.25, -0.2) is 0 Å². The highest BCUT2D eigenvalue weighted by molar-refractivity contribution is 5.56.